The van der Waals surface area contributed by atoms with Crippen LogP contribution >= 0.6 is 0 Å². The Morgan fingerprint density at radius 2 is 1.69 bits per heavy atom. The van der Waals surface area contributed by atoms with E-state index in [1.807, 2.05) is 48.5 Å². The molecule has 1 aliphatic carbocycles. The number of carboxylic acids is 1. The number of rotatable bonds is 8. The van der Waals surface area contributed by atoms with Gasteiger partial charge in [-0.05, 0) is 28.7 Å². The smallest absolute Gasteiger partial charge is 0.408 e. The maximum Gasteiger partial charge on any atom is 0.408 e. The van der Waals surface area contributed by atoms with Crippen LogP contribution in [0, 0.1) is 0 Å². The molecule has 3 N–H and O–H groups in total. The number of aliphatic hydroxyl groups excluding tert-OH is 1. The van der Waals surface area contributed by atoms with Crippen molar-refractivity contribution in [3.63, 3.8) is 0 Å². The number of aliphatic carboxylic acids is 1. The maximum atomic E-state index is 13.5. The van der Waals surface area contributed by atoms with Crippen molar-refractivity contribution in [2.75, 3.05) is 26.9 Å². The van der Waals surface area contributed by atoms with Gasteiger partial charge in [0, 0.05) is 26.0 Å². The van der Waals surface area contributed by atoms with E-state index in [9.17, 15) is 24.6 Å². The van der Waals surface area contributed by atoms with Gasteiger partial charge in [-0.1, -0.05) is 55.5 Å². The van der Waals surface area contributed by atoms with Gasteiger partial charge >= 0.3 is 12.1 Å². The number of hydrogen-bond donors (Lipinski definition) is 3. The number of carbonyl (C=O) groups is 3. The summed E-state index contributed by atoms with van der Waals surface area (Å²) >= 11 is 0. The van der Waals surface area contributed by atoms with Gasteiger partial charge in [0.15, 0.2) is 0 Å². The molecule has 1 saturated heterocycles. The van der Waals surface area contributed by atoms with E-state index < -0.39 is 35.7 Å². The second-order valence-electron chi connectivity index (χ2n) is 9.02. The number of ether oxygens (including phenoxy) is 2. The van der Waals surface area contributed by atoms with Crippen LogP contribution in [0.25, 0.3) is 11.1 Å². The zero-order valence-electron chi connectivity index (χ0n) is 19.8. The Balaban J connectivity index is 1.51. The molecule has 1 unspecified atom stereocenters. The first kappa shape index (κ1) is 24.7. The van der Waals surface area contributed by atoms with Crippen molar-refractivity contribution in [1.82, 2.24) is 10.2 Å². The lowest BCUT2D eigenvalue weighted by Gasteiger charge is -2.36. The summed E-state index contributed by atoms with van der Waals surface area (Å²) in [6.07, 6.45) is -1.68. The number of amides is 2. The lowest BCUT2D eigenvalue weighted by atomic mass is 9.94. The van der Waals surface area contributed by atoms with Crippen LogP contribution in [0.1, 0.15) is 36.8 Å². The fraction of sp³-hybridized carbons (Fsp3) is 0.423. The molecule has 1 aliphatic heterocycles. The number of nitrogens with zero attached hydrogens (tertiary/aromatic N) is 1. The molecule has 4 rings (SSSR count). The largest absolute Gasteiger partial charge is 0.480 e. The van der Waals surface area contributed by atoms with Gasteiger partial charge in [-0.3, -0.25) is 4.79 Å². The van der Waals surface area contributed by atoms with E-state index in [0.29, 0.717) is 0 Å². The Morgan fingerprint density at radius 3 is 2.23 bits per heavy atom. The topological polar surface area (TPSA) is 125 Å². The van der Waals surface area contributed by atoms with Crippen molar-refractivity contribution < 1.29 is 34.1 Å². The second-order valence-corrected chi connectivity index (χ2v) is 9.02. The summed E-state index contributed by atoms with van der Waals surface area (Å²) in [5.41, 5.74) is 2.79. The lowest BCUT2D eigenvalue weighted by Crippen LogP contribution is -2.63. The molecule has 1 fully saturated rings. The van der Waals surface area contributed by atoms with Crippen LogP contribution in [-0.4, -0.2) is 77.6 Å². The Morgan fingerprint density at radius 1 is 1.09 bits per heavy atom. The minimum absolute atomic E-state index is 0.0704. The molecule has 0 radical (unpaired) electrons. The summed E-state index contributed by atoms with van der Waals surface area (Å²) < 4.78 is 10.9. The molecule has 2 aromatic carbocycles. The summed E-state index contributed by atoms with van der Waals surface area (Å²) in [5, 5.41) is 22.2. The third kappa shape index (κ3) is 4.61. The summed E-state index contributed by atoms with van der Waals surface area (Å²) in [7, 11) is 1.39. The van der Waals surface area contributed by atoms with Crippen molar-refractivity contribution in [2.45, 2.75) is 43.4 Å². The molecule has 186 valence electrons. The number of carboxylic acid groups (broad SMARTS) is 1. The van der Waals surface area contributed by atoms with E-state index in [1.54, 1.807) is 6.92 Å². The average Bonchev–Trinajstić information content (AvgIpc) is 3.40. The molecule has 3 atom stereocenters. The Labute approximate surface area is 203 Å². The molecule has 1 heterocycles. The molecule has 2 aliphatic rings. The van der Waals surface area contributed by atoms with E-state index in [0.717, 1.165) is 27.2 Å². The van der Waals surface area contributed by atoms with Crippen LogP contribution in [0.3, 0.4) is 0 Å². The highest BCUT2D eigenvalue weighted by Crippen LogP contribution is 2.44. The van der Waals surface area contributed by atoms with Gasteiger partial charge in [-0.15, -0.1) is 0 Å². The molecule has 0 saturated carbocycles. The molecule has 9 heteroatoms. The number of carbonyl (C=O) groups excluding carboxylic acids is 2. The SMILES string of the molecule is CCC(COC)(NC(=O)OCC1c2ccccc2-c2ccccc21)C(=O)N1C[C@@H](O)C[C@H]1C(=O)O. The van der Waals surface area contributed by atoms with Crippen LogP contribution in [0.2, 0.25) is 0 Å². The van der Waals surface area contributed by atoms with Crippen molar-refractivity contribution in [3.05, 3.63) is 59.7 Å². The molecule has 2 amide bonds. The van der Waals surface area contributed by atoms with Crippen LogP contribution in [-0.2, 0) is 19.1 Å². The summed E-state index contributed by atoms with van der Waals surface area (Å²) in [6, 6.07) is 14.8. The van der Waals surface area contributed by atoms with Crippen molar-refractivity contribution in [2.24, 2.45) is 0 Å². The Kier molecular flexibility index (Phi) is 7.09. The third-order valence-electron chi connectivity index (χ3n) is 6.91. The molecule has 35 heavy (non-hydrogen) atoms. The number of β-amino-alcohol motifs (C(OH)–C–C–N with tert-alkyl or cyclic N) is 1. The first-order valence-corrected chi connectivity index (χ1v) is 11.6. The van der Waals surface area contributed by atoms with Gasteiger partial charge in [0.25, 0.3) is 5.91 Å². The number of likely N-dealkylation sites (tertiary alicyclic amines) is 1. The van der Waals surface area contributed by atoms with E-state index in [2.05, 4.69) is 5.32 Å². The van der Waals surface area contributed by atoms with Gasteiger partial charge in [-0.25, -0.2) is 9.59 Å². The van der Waals surface area contributed by atoms with Crippen molar-refractivity contribution in [1.29, 1.82) is 0 Å². The zero-order chi connectivity index (χ0) is 25.2. The standard InChI is InChI=1S/C26H30N2O7/c1-3-26(15-34-2,24(32)28-13-16(29)12-22(28)23(30)31)27-25(33)35-14-21-19-10-6-4-8-17(19)18-9-5-7-11-20(18)21/h4-11,16,21-22,29H,3,12-15H2,1-2H3,(H,27,33)(H,30,31)/t16-,22-,26?/m0/s1. The van der Waals surface area contributed by atoms with Crippen molar-refractivity contribution in [3.8, 4) is 11.1 Å². The number of benzene rings is 2. The van der Waals surface area contributed by atoms with E-state index in [4.69, 9.17) is 9.47 Å². The first-order chi connectivity index (χ1) is 16.8. The van der Waals surface area contributed by atoms with Crippen LogP contribution < -0.4 is 5.32 Å². The molecule has 0 aromatic heterocycles. The predicted octanol–water partition coefficient (Wildman–Crippen LogP) is 2.37. The average molecular weight is 483 g/mol. The van der Waals surface area contributed by atoms with Crippen LogP contribution in [0.15, 0.2) is 48.5 Å². The summed E-state index contributed by atoms with van der Waals surface area (Å²) in [6.45, 7) is 1.46. The minimum atomic E-state index is -1.53. The molecule has 2 aromatic rings. The van der Waals surface area contributed by atoms with Gasteiger partial charge in [0.1, 0.15) is 18.2 Å². The number of nitrogens with one attached hydrogen (secondary N) is 1. The minimum Gasteiger partial charge on any atom is -0.480 e. The number of methoxy groups -OCH3 is 1. The maximum absolute atomic E-state index is 13.5. The molecule has 0 bridgehead atoms. The Bertz CT molecular complexity index is 1070. The fourth-order valence-electron chi connectivity index (χ4n) is 5.12. The second kappa shape index (κ2) is 10.1. The van der Waals surface area contributed by atoms with Gasteiger partial charge < -0.3 is 29.9 Å². The van der Waals surface area contributed by atoms with Gasteiger partial charge in [-0.2, -0.15) is 0 Å². The van der Waals surface area contributed by atoms with E-state index in [1.165, 1.54) is 7.11 Å². The quantitative estimate of drug-likeness (QED) is 0.527. The highest BCUT2D eigenvalue weighted by atomic mass is 16.5. The number of aliphatic hydroxyl groups is 1. The summed E-state index contributed by atoms with van der Waals surface area (Å²) in [4.78, 5) is 39.2. The van der Waals surface area contributed by atoms with Crippen LogP contribution in [0.4, 0.5) is 4.79 Å². The van der Waals surface area contributed by atoms with Gasteiger partial charge in [0.2, 0.25) is 0 Å². The van der Waals surface area contributed by atoms with E-state index in [-0.39, 0.29) is 38.5 Å². The number of alkyl carbamates (subject to hydrolysis) is 1. The predicted molar refractivity (Wildman–Crippen MR) is 127 cm³/mol. The Hall–Kier alpha value is -3.43. The number of hydrogen-bond acceptors (Lipinski definition) is 6. The van der Waals surface area contributed by atoms with E-state index >= 15 is 0 Å². The van der Waals surface area contributed by atoms with Gasteiger partial charge in [0.05, 0.1) is 12.7 Å². The lowest BCUT2D eigenvalue weighted by molar-refractivity contribution is -0.152. The first-order valence-electron chi connectivity index (χ1n) is 11.6. The summed E-state index contributed by atoms with van der Waals surface area (Å²) in [5.74, 6) is -1.98. The molecule has 9 nitrogen and oxygen atoms in total. The van der Waals surface area contributed by atoms with Crippen molar-refractivity contribution >= 4 is 18.0 Å². The fourth-order valence-corrected chi connectivity index (χ4v) is 5.12. The zero-order valence-corrected chi connectivity index (χ0v) is 19.8. The number of fused-ring (bicyclic) bond motifs is 3. The molecular weight excluding hydrogens is 452 g/mol. The van der Waals surface area contributed by atoms with Crippen LogP contribution in [0.5, 0.6) is 0 Å². The highest BCUT2D eigenvalue weighted by Gasteiger charge is 2.48. The molecular formula is C26H30N2O7. The third-order valence-corrected chi connectivity index (χ3v) is 6.91. The highest BCUT2D eigenvalue weighted by molar-refractivity contribution is 5.93. The monoisotopic (exact) mass is 482 g/mol. The molecule has 0 spiro atoms. The normalized spacial score (nSPS) is 20.6.